The molecule has 0 aromatic carbocycles. The quantitative estimate of drug-likeness (QED) is 0.229. The topological polar surface area (TPSA) is 194 Å². The summed E-state index contributed by atoms with van der Waals surface area (Å²) < 4.78 is 5.03. The second kappa shape index (κ2) is 8.17. The maximum Gasteiger partial charge on any atom is 0.317 e. The summed E-state index contributed by atoms with van der Waals surface area (Å²) >= 11 is 0. The predicted octanol–water partition coefficient (Wildman–Crippen LogP) is -3.53. The van der Waals surface area contributed by atoms with Crippen LogP contribution in [0.3, 0.4) is 0 Å². The van der Waals surface area contributed by atoms with Crippen molar-refractivity contribution in [1.82, 2.24) is 5.32 Å². The molecule has 0 aliphatic carbocycles. The lowest BCUT2D eigenvalue weighted by molar-refractivity contribution is -0.236. The van der Waals surface area contributed by atoms with Crippen LogP contribution in [0.1, 0.15) is 12.8 Å². The molecule has 5 atom stereocenters. The second-order valence-corrected chi connectivity index (χ2v) is 5.08. The first-order chi connectivity index (χ1) is 10.7. The summed E-state index contributed by atoms with van der Waals surface area (Å²) in [4.78, 5) is 33.1. The number of aliphatic carboxylic acids is 2. The molecule has 0 aromatic heterocycles. The van der Waals surface area contributed by atoms with Crippen molar-refractivity contribution < 1.29 is 49.8 Å². The fourth-order valence-electron chi connectivity index (χ4n) is 2.08. The molecule has 1 aliphatic heterocycles. The van der Waals surface area contributed by atoms with E-state index in [1.54, 1.807) is 0 Å². The van der Waals surface area contributed by atoms with E-state index in [2.05, 4.69) is 5.32 Å². The zero-order chi connectivity index (χ0) is 17.7. The number of carbonyl (C=O) groups is 3. The van der Waals surface area contributed by atoms with E-state index in [-0.39, 0.29) is 0 Å². The molecular weight excluding hydrogens is 318 g/mol. The van der Waals surface area contributed by atoms with E-state index >= 15 is 0 Å². The molecule has 0 spiro atoms. The predicted molar refractivity (Wildman–Crippen MR) is 69.9 cm³/mol. The molecule has 7 N–H and O–H groups in total. The van der Waals surface area contributed by atoms with Crippen LogP contribution in [0.4, 0.5) is 0 Å². The number of carboxylic acids is 2. The molecule has 1 aliphatic rings. The Morgan fingerprint density at radius 2 is 1.57 bits per heavy atom. The van der Waals surface area contributed by atoms with Crippen LogP contribution < -0.4 is 5.32 Å². The fourth-order valence-corrected chi connectivity index (χ4v) is 2.08. The number of aliphatic hydroxyl groups excluding tert-OH is 4. The number of amides is 1. The first-order valence-electron chi connectivity index (χ1n) is 6.74. The third-order valence-electron chi connectivity index (χ3n) is 3.45. The van der Waals surface area contributed by atoms with Gasteiger partial charge >= 0.3 is 11.9 Å². The van der Waals surface area contributed by atoms with Crippen molar-refractivity contribution in [2.24, 2.45) is 5.92 Å². The zero-order valence-corrected chi connectivity index (χ0v) is 11.9. The lowest BCUT2D eigenvalue weighted by Gasteiger charge is -2.40. The average Bonchev–Trinajstić information content (AvgIpc) is 2.47. The highest BCUT2D eigenvalue weighted by atomic mass is 16.6. The second-order valence-electron chi connectivity index (χ2n) is 5.08. The van der Waals surface area contributed by atoms with Gasteiger partial charge in [-0.25, -0.2) is 0 Å². The van der Waals surface area contributed by atoms with Crippen LogP contribution in [-0.4, -0.2) is 85.7 Å². The Morgan fingerprint density at radius 3 is 2.04 bits per heavy atom. The van der Waals surface area contributed by atoms with Crippen molar-refractivity contribution in [3.05, 3.63) is 0 Å². The van der Waals surface area contributed by atoms with E-state index in [1.807, 2.05) is 0 Å². The lowest BCUT2D eigenvalue weighted by Crippen LogP contribution is -2.63. The van der Waals surface area contributed by atoms with E-state index in [1.165, 1.54) is 0 Å². The first kappa shape index (κ1) is 19.3. The average molecular weight is 337 g/mol. The van der Waals surface area contributed by atoms with Gasteiger partial charge in [-0.15, -0.1) is 0 Å². The highest BCUT2D eigenvalue weighted by Crippen LogP contribution is 2.20. The van der Waals surface area contributed by atoms with E-state index in [9.17, 15) is 29.7 Å². The summed E-state index contributed by atoms with van der Waals surface area (Å²) in [6.45, 7) is -0.669. The Bertz CT molecular complexity index is 439. The van der Waals surface area contributed by atoms with Crippen LogP contribution in [-0.2, 0) is 19.1 Å². The van der Waals surface area contributed by atoms with Gasteiger partial charge in [-0.05, 0) is 6.42 Å². The molecule has 1 saturated heterocycles. The normalized spacial score (nSPS) is 30.9. The molecule has 0 unspecified atom stereocenters. The van der Waals surface area contributed by atoms with Crippen molar-refractivity contribution in [2.75, 3.05) is 6.61 Å². The van der Waals surface area contributed by atoms with Gasteiger partial charge < -0.3 is 40.7 Å². The van der Waals surface area contributed by atoms with Crippen LogP contribution in [0.5, 0.6) is 0 Å². The minimum absolute atomic E-state index is 0.474. The summed E-state index contributed by atoms with van der Waals surface area (Å²) in [5.41, 5.74) is 0. The highest BCUT2D eigenvalue weighted by Gasteiger charge is 2.44. The van der Waals surface area contributed by atoms with Gasteiger partial charge in [0.2, 0.25) is 5.91 Å². The minimum atomic E-state index is -1.75. The number of rotatable bonds is 7. The molecule has 11 heteroatoms. The van der Waals surface area contributed by atoms with Crippen LogP contribution >= 0.6 is 0 Å². The molecule has 1 amide bonds. The smallest absolute Gasteiger partial charge is 0.317 e. The van der Waals surface area contributed by atoms with Gasteiger partial charge in [0.1, 0.15) is 24.4 Å². The first-order valence-corrected chi connectivity index (χ1v) is 6.74. The Hall–Kier alpha value is -1.79. The molecule has 1 rings (SSSR count). The number of hydrogen-bond donors (Lipinski definition) is 7. The molecule has 0 radical (unpaired) electrons. The molecule has 1 heterocycles. The van der Waals surface area contributed by atoms with E-state index in [0.717, 1.165) is 0 Å². The zero-order valence-electron chi connectivity index (χ0n) is 11.9. The van der Waals surface area contributed by atoms with Gasteiger partial charge in [0.25, 0.3) is 0 Å². The number of carbonyl (C=O) groups excluding carboxylic acids is 1. The van der Waals surface area contributed by atoms with Crippen molar-refractivity contribution in [2.45, 2.75) is 43.5 Å². The molecule has 23 heavy (non-hydrogen) atoms. The van der Waals surface area contributed by atoms with Gasteiger partial charge in [-0.3, -0.25) is 14.4 Å². The molecule has 132 valence electrons. The number of aliphatic hydroxyl groups is 4. The van der Waals surface area contributed by atoms with Gasteiger partial charge in [-0.1, -0.05) is 0 Å². The minimum Gasteiger partial charge on any atom is -0.481 e. The van der Waals surface area contributed by atoms with Crippen LogP contribution in [0.25, 0.3) is 0 Å². The summed E-state index contributed by atoms with van der Waals surface area (Å²) in [5, 5.41) is 57.3. The molecule has 1 fully saturated rings. The van der Waals surface area contributed by atoms with Gasteiger partial charge in [0, 0.05) is 6.42 Å². The maximum atomic E-state index is 11.7. The molecule has 0 saturated carbocycles. The summed E-state index contributed by atoms with van der Waals surface area (Å²) in [5.74, 6) is -5.74. The SMILES string of the molecule is O=C(CCC(C(=O)O)C(=O)O)N[C@@H]1O[C@H](CO)[C@@H](O)[C@H](O)[C@@H]1O. The summed E-state index contributed by atoms with van der Waals surface area (Å²) in [7, 11) is 0. The fraction of sp³-hybridized carbons (Fsp3) is 0.750. The van der Waals surface area contributed by atoms with Gasteiger partial charge in [0.05, 0.1) is 6.61 Å². The van der Waals surface area contributed by atoms with Crippen molar-refractivity contribution >= 4 is 17.8 Å². The summed E-state index contributed by atoms with van der Waals surface area (Å²) in [6.07, 6.45) is -8.52. The number of hydrogen-bond acceptors (Lipinski definition) is 8. The molecule has 0 bridgehead atoms. The van der Waals surface area contributed by atoms with Gasteiger partial charge in [-0.2, -0.15) is 0 Å². The van der Waals surface area contributed by atoms with E-state index < -0.39 is 73.9 Å². The third-order valence-corrected chi connectivity index (χ3v) is 3.45. The number of nitrogens with one attached hydrogen (secondary N) is 1. The Kier molecular flexibility index (Phi) is 6.84. The third kappa shape index (κ3) is 4.84. The Balaban J connectivity index is 2.59. The van der Waals surface area contributed by atoms with Crippen LogP contribution in [0.2, 0.25) is 0 Å². The van der Waals surface area contributed by atoms with Crippen molar-refractivity contribution in [3.8, 4) is 0 Å². The standard InChI is InChI=1S/C12H19NO10/c14-3-5-7(16)8(17)9(18)10(23-5)13-6(15)2-1-4(11(19)20)12(21)22/h4-5,7-10,14,16-18H,1-3H2,(H,13,15)(H,19,20)(H,21,22)/t5-,7-,8+,9+,10-/m1/s1. The van der Waals surface area contributed by atoms with Crippen molar-refractivity contribution in [3.63, 3.8) is 0 Å². The number of ether oxygens (including phenoxy) is 1. The highest BCUT2D eigenvalue weighted by molar-refractivity contribution is 5.93. The van der Waals surface area contributed by atoms with Gasteiger partial charge in [0.15, 0.2) is 12.1 Å². The lowest BCUT2D eigenvalue weighted by atomic mass is 9.98. The van der Waals surface area contributed by atoms with Crippen LogP contribution in [0, 0.1) is 5.92 Å². The monoisotopic (exact) mass is 337 g/mol. The Morgan fingerprint density at radius 1 is 1.00 bits per heavy atom. The molecule has 0 aromatic rings. The maximum absolute atomic E-state index is 11.7. The largest absolute Gasteiger partial charge is 0.481 e. The van der Waals surface area contributed by atoms with Crippen LogP contribution in [0.15, 0.2) is 0 Å². The molecule has 11 nitrogen and oxygen atoms in total. The van der Waals surface area contributed by atoms with Crippen molar-refractivity contribution in [1.29, 1.82) is 0 Å². The van der Waals surface area contributed by atoms with E-state index in [4.69, 9.17) is 20.1 Å². The molecular formula is C12H19NO10. The summed E-state index contributed by atoms with van der Waals surface area (Å²) in [6, 6.07) is 0. The van der Waals surface area contributed by atoms with E-state index in [0.29, 0.717) is 0 Å². The number of carboxylic acid groups (broad SMARTS) is 2. The Labute approximate surface area is 130 Å².